The van der Waals surface area contributed by atoms with Crippen molar-refractivity contribution in [2.45, 2.75) is 12.6 Å². The highest BCUT2D eigenvalue weighted by atomic mass is 32.2. The lowest BCUT2D eigenvalue weighted by atomic mass is 10.4. The van der Waals surface area contributed by atoms with Gasteiger partial charge in [-0.25, -0.2) is 9.53 Å². The minimum Gasteiger partial charge on any atom is -0.246 e. The van der Waals surface area contributed by atoms with Crippen LogP contribution >= 0.6 is 0 Å². The summed E-state index contributed by atoms with van der Waals surface area (Å²) in [5, 5.41) is 4.73. The second kappa shape index (κ2) is 2.44. The molecule has 0 spiro atoms. The molecule has 0 amide bonds. The lowest BCUT2D eigenvalue weighted by Crippen LogP contribution is -2.34. The van der Waals surface area contributed by atoms with E-state index >= 15 is 0 Å². The van der Waals surface area contributed by atoms with E-state index in [0.29, 0.717) is 0 Å². The first kappa shape index (κ1) is 7.90. The summed E-state index contributed by atoms with van der Waals surface area (Å²) >= 11 is 0. The Balaban J connectivity index is 2.62. The van der Waals surface area contributed by atoms with E-state index in [2.05, 4.69) is 0 Å². The van der Waals surface area contributed by atoms with Crippen molar-refractivity contribution < 1.29 is 12.8 Å². The van der Waals surface area contributed by atoms with Gasteiger partial charge in [0.1, 0.15) is 6.17 Å². The van der Waals surface area contributed by atoms with Crippen LogP contribution in [0.1, 0.15) is 6.42 Å². The Labute approximate surface area is 59.0 Å². The maximum atomic E-state index is 12.3. The second-order valence-corrected chi connectivity index (χ2v) is 3.84. The maximum Gasteiger partial charge on any atom is 0.276 e. The number of hydrogen-bond donors (Lipinski definition) is 1. The zero-order valence-corrected chi connectivity index (χ0v) is 6.14. The van der Waals surface area contributed by atoms with Crippen LogP contribution in [-0.2, 0) is 10.2 Å². The molecule has 10 heavy (non-hydrogen) atoms. The highest BCUT2D eigenvalue weighted by Crippen LogP contribution is 2.13. The fourth-order valence-electron chi connectivity index (χ4n) is 0.919. The van der Waals surface area contributed by atoms with Crippen molar-refractivity contribution in [3.8, 4) is 0 Å². The summed E-state index contributed by atoms with van der Waals surface area (Å²) in [6.45, 7) is 0.124. The average Bonchev–Trinajstić information content (AvgIpc) is 2.11. The molecule has 60 valence electrons. The van der Waals surface area contributed by atoms with E-state index in [1.54, 1.807) is 0 Å². The molecule has 0 radical (unpaired) electrons. The van der Waals surface area contributed by atoms with Crippen molar-refractivity contribution in [3.63, 3.8) is 0 Å². The molecule has 0 aromatic rings. The third kappa shape index (κ3) is 1.65. The molecule has 0 aromatic heterocycles. The highest BCUT2D eigenvalue weighted by Gasteiger charge is 2.28. The molecular formula is C4H9FN2O2S. The van der Waals surface area contributed by atoms with Crippen LogP contribution in [0.25, 0.3) is 0 Å². The van der Waals surface area contributed by atoms with Gasteiger partial charge in [0, 0.05) is 13.1 Å². The number of rotatable bonds is 1. The van der Waals surface area contributed by atoms with E-state index in [9.17, 15) is 12.8 Å². The van der Waals surface area contributed by atoms with Gasteiger partial charge in [-0.15, -0.1) is 0 Å². The molecule has 4 nitrogen and oxygen atoms in total. The molecular weight excluding hydrogens is 159 g/mol. The van der Waals surface area contributed by atoms with Crippen molar-refractivity contribution in [2.75, 3.05) is 13.1 Å². The summed E-state index contributed by atoms with van der Waals surface area (Å²) in [6.07, 6.45) is -0.783. The Hall–Kier alpha value is -0.200. The summed E-state index contributed by atoms with van der Waals surface area (Å²) < 4.78 is 34.3. The maximum absolute atomic E-state index is 12.3. The Morgan fingerprint density at radius 1 is 1.60 bits per heavy atom. The lowest BCUT2D eigenvalue weighted by Gasteiger charge is -2.09. The summed E-state index contributed by atoms with van der Waals surface area (Å²) in [5.41, 5.74) is 0. The zero-order valence-electron chi connectivity index (χ0n) is 5.33. The number of nitrogens with two attached hydrogens (primary N) is 1. The smallest absolute Gasteiger partial charge is 0.246 e. The Kier molecular flexibility index (Phi) is 1.93. The molecule has 1 atom stereocenters. The molecule has 1 saturated heterocycles. The second-order valence-electron chi connectivity index (χ2n) is 2.29. The van der Waals surface area contributed by atoms with Gasteiger partial charge < -0.3 is 0 Å². The minimum absolute atomic E-state index is 0.0845. The molecule has 6 heteroatoms. The standard InChI is InChI=1S/C4H9FN2O2S/c5-4-1-2-7(3-4)10(6,8)9/h4H,1-3H2,(H2,6,8,9). The first-order valence-corrected chi connectivity index (χ1v) is 4.42. The molecule has 1 rings (SSSR count). The first-order chi connectivity index (χ1) is 4.50. The van der Waals surface area contributed by atoms with Gasteiger partial charge in [-0.2, -0.15) is 12.7 Å². The van der Waals surface area contributed by atoms with Crippen molar-refractivity contribution in [1.29, 1.82) is 0 Å². The molecule has 0 aromatic carbocycles. The number of nitrogens with zero attached hydrogens (tertiary/aromatic N) is 1. The molecule has 0 bridgehead atoms. The van der Waals surface area contributed by atoms with Gasteiger partial charge in [-0.05, 0) is 6.42 Å². The molecule has 1 aliphatic heterocycles. The van der Waals surface area contributed by atoms with Gasteiger partial charge in [-0.3, -0.25) is 0 Å². The first-order valence-electron chi connectivity index (χ1n) is 2.92. The van der Waals surface area contributed by atoms with Crippen LogP contribution in [0.2, 0.25) is 0 Å². The van der Waals surface area contributed by atoms with Gasteiger partial charge in [0.2, 0.25) is 0 Å². The quantitative estimate of drug-likeness (QED) is 0.559. The van der Waals surface area contributed by atoms with E-state index in [1.807, 2.05) is 0 Å². The van der Waals surface area contributed by atoms with Crippen LogP contribution in [-0.4, -0.2) is 32.0 Å². The average molecular weight is 168 g/mol. The Morgan fingerprint density at radius 3 is 2.40 bits per heavy atom. The summed E-state index contributed by atoms with van der Waals surface area (Å²) in [7, 11) is -3.64. The zero-order chi connectivity index (χ0) is 7.78. The molecule has 2 N–H and O–H groups in total. The number of halogens is 1. The van der Waals surface area contributed by atoms with E-state index < -0.39 is 16.4 Å². The van der Waals surface area contributed by atoms with Crippen LogP contribution in [0.15, 0.2) is 0 Å². The fraction of sp³-hybridized carbons (Fsp3) is 1.00. The van der Waals surface area contributed by atoms with Crippen LogP contribution in [0.5, 0.6) is 0 Å². The molecule has 0 saturated carbocycles. The Morgan fingerprint density at radius 2 is 2.20 bits per heavy atom. The van der Waals surface area contributed by atoms with Crippen molar-refractivity contribution in [1.82, 2.24) is 4.31 Å². The summed E-state index contributed by atoms with van der Waals surface area (Å²) in [6, 6.07) is 0. The predicted molar refractivity (Wildman–Crippen MR) is 34.2 cm³/mol. The van der Waals surface area contributed by atoms with E-state index in [-0.39, 0.29) is 19.5 Å². The van der Waals surface area contributed by atoms with Gasteiger partial charge in [0.05, 0.1) is 0 Å². The van der Waals surface area contributed by atoms with Crippen LogP contribution in [0, 0.1) is 0 Å². The van der Waals surface area contributed by atoms with Crippen LogP contribution < -0.4 is 5.14 Å². The van der Waals surface area contributed by atoms with E-state index in [0.717, 1.165) is 4.31 Å². The molecule has 1 fully saturated rings. The molecule has 1 aliphatic rings. The minimum atomic E-state index is -3.64. The van der Waals surface area contributed by atoms with E-state index in [1.165, 1.54) is 0 Å². The molecule has 0 aliphatic carbocycles. The lowest BCUT2D eigenvalue weighted by molar-refractivity contribution is 0.343. The Bertz CT molecular complexity index is 215. The third-order valence-corrected chi connectivity index (χ3v) is 2.50. The predicted octanol–water partition coefficient (Wildman–Crippen LogP) is -0.766. The van der Waals surface area contributed by atoms with Gasteiger partial charge in [-0.1, -0.05) is 0 Å². The summed E-state index contributed by atoms with van der Waals surface area (Å²) in [4.78, 5) is 0. The fourth-order valence-corrected chi connectivity index (χ4v) is 1.65. The topological polar surface area (TPSA) is 63.4 Å². The number of hydrogen-bond acceptors (Lipinski definition) is 2. The van der Waals surface area contributed by atoms with Gasteiger partial charge in [0.15, 0.2) is 0 Å². The number of alkyl halides is 1. The summed E-state index contributed by atoms with van der Waals surface area (Å²) in [5.74, 6) is 0. The SMILES string of the molecule is NS(=O)(=O)N1CCC(F)C1. The molecule has 1 heterocycles. The van der Waals surface area contributed by atoms with E-state index in [4.69, 9.17) is 5.14 Å². The normalized spacial score (nSPS) is 29.2. The third-order valence-electron chi connectivity index (χ3n) is 1.45. The largest absolute Gasteiger partial charge is 0.276 e. The van der Waals surface area contributed by atoms with Crippen molar-refractivity contribution in [2.24, 2.45) is 5.14 Å². The van der Waals surface area contributed by atoms with Gasteiger partial charge in [0.25, 0.3) is 10.2 Å². The van der Waals surface area contributed by atoms with Crippen LogP contribution in [0.3, 0.4) is 0 Å². The van der Waals surface area contributed by atoms with Gasteiger partial charge >= 0.3 is 0 Å². The van der Waals surface area contributed by atoms with Crippen LogP contribution in [0.4, 0.5) is 4.39 Å². The highest BCUT2D eigenvalue weighted by molar-refractivity contribution is 7.86. The monoisotopic (exact) mass is 168 g/mol. The van der Waals surface area contributed by atoms with Crippen molar-refractivity contribution >= 4 is 10.2 Å². The van der Waals surface area contributed by atoms with Crippen molar-refractivity contribution in [3.05, 3.63) is 0 Å². The molecule has 1 unspecified atom stereocenters.